The number of hydrogen-bond acceptors (Lipinski definition) is 4. The zero-order valence-electron chi connectivity index (χ0n) is 11.8. The van der Waals surface area contributed by atoms with E-state index >= 15 is 0 Å². The molecular weight excluding hydrogens is 276 g/mol. The molecule has 1 aliphatic heterocycles. The molecule has 0 bridgehead atoms. The van der Waals surface area contributed by atoms with E-state index in [1.807, 2.05) is 0 Å². The Morgan fingerprint density at radius 1 is 1.30 bits per heavy atom. The minimum Gasteiger partial charge on any atom is -0.339 e. The number of aromatic nitrogens is 2. The molecule has 6 nitrogen and oxygen atoms in total. The second-order valence-corrected chi connectivity index (χ2v) is 7.79. The highest BCUT2D eigenvalue weighted by atomic mass is 32.2. The number of hydrogen-bond donors (Lipinski definition) is 1. The van der Waals surface area contributed by atoms with E-state index in [4.69, 9.17) is 0 Å². The maximum Gasteiger partial charge on any atom is 0.262 e. The van der Waals surface area contributed by atoms with Crippen LogP contribution in [0.5, 0.6) is 0 Å². The third-order valence-corrected chi connectivity index (χ3v) is 5.92. The molecule has 20 heavy (non-hydrogen) atoms. The van der Waals surface area contributed by atoms with Crippen molar-refractivity contribution in [2.24, 2.45) is 13.0 Å². The Morgan fingerprint density at radius 3 is 2.55 bits per heavy atom. The van der Waals surface area contributed by atoms with E-state index in [9.17, 15) is 8.42 Å². The van der Waals surface area contributed by atoms with Crippen LogP contribution in [0, 0.1) is 5.92 Å². The Labute approximate surface area is 120 Å². The van der Waals surface area contributed by atoms with Crippen LogP contribution >= 0.6 is 0 Å². The van der Waals surface area contributed by atoms with Gasteiger partial charge in [-0.3, -0.25) is 0 Å². The fraction of sp³-hybridized carbons (Fsp3) is 0.769. The van der Waals surface area contributed by atoms with Crippen LogP contribution in [0.15, 0.2) is 17.6 Å². The topological polar surface area (TPSA) is 67.2 Å². The lowest BCUT2D eigenvalue weighted by Gasteiger charge is -2.31. The van der Waals surface area contributed by atoms with Gasteiger partial charge in [-0.2, -0.15) is 4.31 Å². The Hall–Kier alpha value is -0.920. The standard InChI is InChI=1S/C13H22N4O2S/c1-16-9-13(15-10-16)20(18,19)17-6-4-12(5-7-17)14-8-11-2-3-11/h9-12,14H,2-8H2,1H3. The highest BCUT2D eigenvalue weighted by Crippen LogP contribution is 2.28. The molecular formula is C13H22N4O2S. The highest BCUT2D eigenvalue weighted by Gasteiger charge is 2.31. The lowest BCUT2D eigenvalue weighted by atomic mass is 10.1. The SMILES string of the molecule is Cn1cnc(S(=O)(=O)N2CCC(NCC3CC3)CC2)c1. The molecule has 2 aliphatic rings. The molecule has 1 aromatic rings. The Kier molecular flexibility index (Phi) is 3.83. The molecule has 1 saturated heterocycles. The normalized spacial score (nSPS) is 22.2. The molecule has 3 rings (SSSR count). The number of piperidine rings is 1. The minimum atomic E-state index is -3.41. The predicted octanol–water partition coefficient (Wildman–Crippen LogP) is 0.573. The fourth-order valence-corrected chi connectivity index (χ4v) is 4.05. The Balaban J connectivity index is 1.56. The molecule has 2 fully saturated rings. The molecule has 1 N–H and O–H groups in total. The average molecular weight is 298 g/mol. The van der Waals surface area contributed by atoms with Crippen molar-refractivity contribution in [2.45, 2.75) is 36.8 Å². The largest absolute Gasteiger partial charge is 0.339 e. The quantitative estimate of drug-likeness (QED) is 0.863. The number of nitrogens with one attached hydrogen (secondary N) is 1. The molecule has 0 atom stereocenters. The zero-order chi connectivity index (χ0) is 14.2. The summed E-state index contributed by atoms with van der Waals surface area (Å²) in [6.07, 6.45) is 7.56. The maximum atomic E-state index is 12.4. The van der Waals surface area contributed by atoms with Crippen molar-refractivity contribution in [2.75, 3.05) is 19.6 Å². The van der Waals surface area contributed by atoms with Crippen molar-refractivity contribution < 1.29 is 8.42 Å². The van der Waals surface area contributed by atoms with E-state index in [-0.39, 0.29) is 5.03 Å². The summed E-state index contributed by atoms with van der Waals surface area (Å²) in [5.74, 6) is 0.866. The lowest BCUT2D eigenvalue weighted by molar-refractivity contribution is 0.287. The smallest absolute Gasteiger partial charge is 0.262 e. The predicted molar refractivity (Wildman–Crippen MR) is 75.7 cm³/mol. The van der Waals surface area contributed by atoms with Crippen LogP contribution in [0.4, 0.5) is 0 Å². The van der Waals surface area contributed by atoms with Gasteiger partial charge in [-0.15, -0.1) is 0 Å². The first kappa shape index (κ1) is 14.0. The second kappa shape index (κ2) is 5.46. The van der Waals surface area contributed by atoms with E-state index in [0.29, 0.717) is 19.1 Å². The van der Waals surface area contributed by atoms with Crippen LogP contribution < -0.4 is 5.32 Å². The molecule has 0 radical (unpaired) electrons. The monoisotopic (exact) mass is 298 g/mol. The van der Waals surface area contributed by atoms with Crippen LogP contribution in [-0.2, 0) is 17.1 Å². The molecule has 1 aliphatic carbocycles. The summed E-state index contributed by atoms with van der Waals surface area (Å²) >= 11 is 0. The second-order valence-electron chi connectivity index (χ2n) is 5.91. The third kappa shape index (κ3) is 3.05. The van der Waals surface area contributed by atoms with Gasteiger partial charge < -0.3 is 9.88 Å². The number of imidazole rings is 1. The van der Waals surface area contributed by atoms with Crippen molar-refractivity contribution >= 4 is 10.0 Å². The summed E-state index contributed by atoms with van der Waals surface area (Å²) in [5, 5.41) is 3.72. The summed E-state index contributed by atoms with van der Waals surface area (Å²) < 4.78 is 28.0. The van der Waals surface area contributed by atoms with Crippen LogP contribution in [0.3, 0.4) is 0 Å². The molecule has 0 unspecified atom stereocenters. The van der Waals surface area contributed by atoms with Crippen molar-refractivity contribution in [3.05, 3.63) is 12.5 Å². The molecule has 7 heteroatoms. The van der Waals surface area contributed by atoms with Gasteiger partial charge in [0.2, 0.25) is 0 Å². The molecule has 0 spiro atoms. The number of rotatable bonds is 5. The molecule has 0 amide bonds. The number of nitrogens with zero attached hydrogens (tertiary/aromatic N) is 3. The lowest BCUT2D eigenvalue weighted by Crippen LogP contribution is -2.45. The van der Waals surface area contributed by atoms with Crippen LogP contribution in [0.1, 0.15) is 25.7 Å². The minimum absolute atomic E-state index is 0.157. The number of sulfonamides is 1. The summed E-state index contributed by atoms with van der Waals surface area (Å²) in [6, 6.07) is 0.464. The van der Waals surface area contributed by atoms with Crippen molar-refractivity contribution in [1.82, 2.24) is 19.2 Å². The van der Waals surface area contributed by atoms with Gasteiger partial charge in [0.05, 0.1) is 6.33 Å². The van der Waals surface area contributed by atoms with Gasteiger partial charge in [-0.1, -0.05) is 0 Å². The van der Waals surface area contributed by atoms with Crippen LogP contribution in [0.25, 0.3) is 0 Å². The van der Waals surface area contributed by atoms with E-state index in [1.165, 1.54) is 19.2 Å². The molecule has 1 aromatic heterocycles. The van der Waals surface area contributed by atoms with Crippen LogP contribution in [0.2, 0.25) is 0 Å². The van der Waals surface area contributed by atoms with E-state index < -0.39 is 10.0 Å². The van der Waals surface area contributed by atoms with Crippen molar-refractivity contribution in [3.8, 4) is 0 Å². The average Bonchev–Trinajstić information content (AvgIpc) is 3.17. The first-order valence-corrected chi connectivity index (χ1v) is 8.71. The van der Waals surface area contributed by atoms with Gasteiger partial charge >= 0.3 is 0 Å². The van der Waals surface area contributed by atoms with E-state index in [1.54, 1.807) is 22.1 Å². The third-order valence-electron chi connectivity index (χ3n) is 4.13. The highest BCUT2D eigenvalue weighted by molar-refractivity contribution is 7.89. The summed E-state index contributed by atoms with van der Waals surface area (Å²) in [4.78, 5) is 3.97. The first-order chi connectivity index (χ1) is 9.55. The van der Waals surface area contributed by atoms with Gasteiger partial charge in [-0.05, 0) is 38.1 Å². The molecule has 0 aromatic carbocycles. The summed E-state index contributed by atoms with van der Waals surface area (Å²) in [5.41, 5.74) is 0. The Morgan fingerprint density at radius 2 is 2.00 bits per heavy atom. The zero-order valence-corrected chi connectivity index (χ0v) is 12.6. The molecule has 1 saturated carbocycles. The van der Waals surface area contributed by atoms with Gasteiger partial charge in [0.1, 0.15) is 0 Å². The van der Waals surface area contributed by atoms with Gasteiger partial charge in [-0.25, -0.2) is 13.4 Å². The summed E-state index contributed by atoms with van der Waals surface area (Å²) in [6.45, 7) is 2.26. The van der Waals surface area contributed by atoms with Crippen molar-refractivity contribution in [3.63, 3.8) is 0 Å². The summed E-state index contributed by atoms with van der Waals surface area (Å²) in [7, 11) is -1.63. The van der Waals surface area contributed by atoms with Gasteiger partial charge in [0.15, 0.2) is 5.03 Å². The Bertz CT molecular complexity index is 557. The fourth-order valence-electron chi connectivity index (χ4n) is 2.61. The number of aryl methyl sites for hydroxylation is 1. The van der Waals surface area contributed by atoms with Crippen LogP contribution in [-0.4, -0.2) is 48.0 Å². The molecule has 112 valence electrons. The van der Waals surface area contributed by atoms with Crippen molar-refractivity contribution in [1.29, 1.82) is 0 Å². The first-order valence-electron chi connectivity index (χ1n) is 7.27. The maximum absolute atomic E-state index is 12.4. The van der Waals surface area contributed by atoms with E-state index in [0.717, 1.165) is 25.3 Å². The van der Waals surface area contributed by atoms with Gasteiger partial charge in [0, 0.05) is 32.4 Å². The van der Waals surface area contributed by atoms with Gasteiger partial charge in [0.25, 0.3) is 10.0 Å². The molecule has 2 heterocycles. The van der Waals surface area contributed by atoms with E-state index in [2.05, 4.69) is 10.3 Å².